The molecule has 8 nitrogen and oxygen atoms in total. The summed E-state index contributed by atoms with van der Waals surface area (Å²) < 4.78 is 16.6. The maximum absolute atomic E-state index is 14.1. The molecule has 1 saturated heterocycles. The van der Waals surface area contributed by atoms with Gasteiger partial charge in [-0.05, 0) is 54.9 Å². The van der Waals surface area contributed by atoms with Crippen LogP contribution < -0.4 is 19.3 Å². The molecule has 1 fully saturated rings. The molecule has 0 radical (unpaired) electrons. The minimum atomic E-state index is -0.942. The molecule has 0 aromatic heterocycles. The van der Waals surface area contributed by atoms with Crippen molar-refractivity contribution >= 4 is 35.0 Å². The minimum absolute atomic E-state index is 0.195. The topological polar surface area (TPSA) is 71.6 Å². The first-order valence-corrected chi connectivity index (χ1v) is 14.8. The fourth-order valence-corrected chi connectivity index (χ4v) is 6.81. The third-order valence-corrected chi connectivity index (χ3v) is 8.96. The van der Waals surface area contributed by atoms with Crippen molar-refractivity contribution in [2.24, 2.45) is 0 Å². The van der Waals surface area contributed by atoms with Crippen molar-refractivity contribution < 1.29 is 23.8 Å². The summed E-state index contributed by atoms with van der Waals surface area (Å²) in [4.78, 5) is 33.9. The van der Waals surface area contributed by atoms with Crippen LogP contribution in [0.5, 0.6) is 11.5 Å². The lowest BCUT2D eigenvalue weighted by Gasteiger charge is -2.37. The van der Waals surface area contributed by atoms with Gasteiger partial charge < -0.3 is 24.0 Å². The smallest absolute Gasteiger partial charge is 0.303 e. The first-order chi connectivity index (χ1) is 20.0. The Bertz CT molecular complexity index is 1340. The largest absolute Gasteiger partial charge is 0.497 e. The lowest BCUT2D eigenvalue weighted by molar-refractivity contribution is -0.152. The molecule has 2 heterocycles. The zero-order valence-corrected chi connectivity index (χ0v) is 24.6. The molecule has 0 bridgehead atoms. The van der Waals surface area contributed by atoms with Gasteiger partial charge in [0.2, 0.25) is 0 Å². The van der Waals surface area contributed by atoms with E-state index in [9.17, 15) is 9.59 Å². The number of benzene rings is 3. The molecule has 0 N–H and O–H groups in total. The number of ether oxygens (including phenoxy) is 3. The van der Waals surface area contributed by atoms with E-state index in [0.29, 0.717) is 6.54 Å². The predicted molar refractivity (Wildman–Crippen MR) is 162 cm³/mol. The van der Waals surface area contributed by atoms with E-state index in [1.807, 2.05) is 71.6 Å². The number of para-hydroxylation sites is 3. The van der Waals surface area contributed by atoms with Gasteiger partial charge >= 0.3 is 5.97 Å². The van der Waals surface area contributed by atoms with Gasteiger partial charge in [-0.15, -0.1) is 11.8 Å². The number of thioether (sulfide) groups is 1. The Kier molecular flexibility index (Phi) is 9.36. The van der Waals surface area contributed by atoms with Gasteiger partial charge in [-0.3, -0.25) is 14.5 Å². The third kappa shape index (κ3) is 6.63. The van der Waals surface area contributed by atoms with Gasteiger partial charge in [0.15, 0.2) is 6.10 Å². The molecule has 2 aliphatic rings. The summed E-state index contributed by atoms with van der Waals surface area (Å²) in [6, 6.07) is 23.7. The Hall–Kier alpha value is -3.69. The Morgan fingerprint density at radius 3 is 2.22 bits per heavy atom. The number of anilines is 2. The van der Waals surface area contributed by atoms with E-state index in [0.717, 1.165) is 72.5 Å². The average molecular weight is 576 g/mol. The van der Waals surface area contributed by atoms with E-state index in [-0.39, 0.29) is 11.2 Å². The molecule has 3 aromatic rings. The van der Waals surface area contributed by atoms with Gasteiger partial charge in [0.05, 0.1) is 30.8 Å². The van der Waals surface area contributed by atoms with Crippen molar-refractivity contribution in [1.29, 1.82) is 0 Å². The molecule has 41 heavy (non-hydrogen) atoms. The number of nitrogens with zero attached hydrogens (tertiary/aromatic N) is 3. The Labute approximate surface area is 246 Å². The van der Waals surface area contributed by atoms with E-state index in [1.165, 1.54) is 6.92 Å². The van der Waals surface area contributed by atoms with E-state index in [4.69, 9.17) is 14.2 Å². The van der Waals surface area contributed by atoms with Crippen LogP contribution in [0.4, 0.5) is 11.4 Å². The van der Waals surface area contributed by atoms with Gasteiger partial charge in [0.25, 0.3) is 5.91 Å². The zero-order valence-electron chi connectivity index (χ0n) is 23.8. The van der Waals surface area contributed by atoms with E-state index >= 15 is 0 Å². The Balaban J connectivity index is 1.28. The molecule has 0 spiro atoms. The molecule has 216 valence electrons. The highest BCUT2D eigenvalue weighted by Crippen LogP contribution is 2.47. The van der Waals surface area contributed by atoms with Crippen LogP contribution in [-0.2, 0) is 14.3 Å². The Morgan fingerprint density at radius 1 is 0.854 bits per heavy atom. The summed E-state index contributed by atoms with van der Waals surface area (Å²) in [5, 5.41) is -0.383. The van der Waals surface area contributed by atoms with Gasteiger partial charge in [-0.25, -0.2) is 0 Å². The monoisotopic (exact) mass is 575 g/mol. The van der Waals surface area contributed by atoms with Crippen LogP contribution in [0, 0.1) is 0 Å². The van der Waals surface area contributed by atoms with Gasteiger partial charge in [-0.1, -0.05) is 36.4 Å². The normalized spacial score (nSPS) is 19.3. The summed E-state index contributed by atoms with van der Waals surface area (Å²) in [7, 11) is 3.33. The van der Waals surface area contributed by atoms with Crippen molar-refractivity contribution in [3.63, 3.8) is 0 Å². The molecule has 5 rings (SSSR count). The molecule has 0 aliphatic carbocycles. The maximum atomic E-state index is 14.1. The van der Waals surface area contributed by atoms with Crippen LogP contribution in [0.3, 0.4) is 0 Å². The summed E-state index contributed by atoms with van der Waals surface area (Å²) in [5.74, 6) is 0.960. The SMILES string of the molecule is COc1ccc(C2Sc3ccccc3N(CCCN3CCN(c4ccccc4OC)CC3)C(=O)C2OC(C)=O)cc1. The van der Waals surface area contributed by atoms with Crippen LogP contribution in [-0.4, -0.2) is 76.4 Å². The summed E-state index contributed by atoms with van der Waals surface area (Å²) in [6.07, 6.45) is -0.137. The number of rotatable bonds is 9. The van der Waals surface area contributed by atoms with E-state index in [1.54, 1.807) is 26.0 Å². The van der Waals surface area contributed by atoms with Crippen molar-refractivity contribution in [1.82, 2.24) is 4.90 Å². The number of carbonyl (C=O) groups excluding carboxylic acids is 2. The maximum Gasteiger partial charge on any atom is 0.303 e. The molecule has 2 atom stereocenters. The lowest BCUT2D eigenvalue weighted by atomic mass is 10.1. The predicted octanol–water partition coefficient (Wildman–Crippen LogP) is 5.03. The van der Waals surface area contributed by atoms with Crippen molar-refractivity contribution in [3.05, 3.63) is 78.4 Å². The number of fused-ring (bicyclic) bond motifs is 1. The number of methoxy groups -OCH3 is 2. The van der Waals surface area contributed by atoms with E-state index in [2.05, 4.69) is 15.9 Å². The summed E-state index contributed by atoms with van der Waals surface area (Å²) in [6.45, 7) is 6.48. The molecular weight excluding hydrogens is 538 g/mol. The summed E-state index contributed by atoms with van der Waals surface area (Å²) >= 11 is 1.56. The van der Waals surface area contributed by atoms with Crippen LogP contribution in [0.2, 0.25) is 0 Å². The molecule has 2 aliphatic heterocycles. The number of hydrogen-bond donors (Lipinski definition) is 0. The second-order valence-electron chi connectivity index (χ2n) is 10.2. The summed E-state index contributed by atoms with van der Waals surface area (Å²) in [5.41, 5.74) is 2.89. The van der Waals surface area contributed by atoms with Crippen molar-refractivity contribution in [2.75, 3.05) is 63.3 Å². The third-order valence-electron chi connectivity index (χ3n) is 7.59. The van der Waals surface area contributed by atoms with Gasteiger partial charge in [0, 0.05) is 44.5 Å². The van der Waals surface area contributed by atoms with Crippen LogP contribution >= 0.6 is 11.8 Å². The molecule has 1 amide bonds. The molecular formula is C32H37N3O5S. The highest BCUT2D eigenvalue weighted by molar-refractivity contribution is 7.99. The standard InChI is InChI=1S/C32H37N3O5S/c1-23(36)40-30-31(24-13-15-25(38-2)16-14-24)41-29-12-7-5-10-27(29)35(32(30)37)18-8-17-33-19-21-34(22-20-33)26-9-4-6-11-28(26)39-3/h4-7,9-16,30-31H,8,17-22H2,1-3H3. The van der Waals surface area contributed by atoms with Crippen LogP contribution in [0.15, 0.2) is 77.7 Å². The minimum Gasteiger partial charge on any atom is -0.497 e. The fourth-order valence-electron chi connectivity index (χ4n) is 5.49. The van der Waals surface area contributed by atoms with Crippen molar-refractivity contribution in [2.45, 2.75) is 29.6 Å². The lowest BCUT2D eigenvalue weighted by Crippen LogP contribution is -2.48. The first-order valence-electron chi connectivity index (χ1n) is 14.0. The average Bonchev–Trinajstić information content (AvgIpc) is 3.12. The zero-order chi connectivity index (χ0) is 28.8. The molecule has 2 unspecified atom stereocenters. The highest BCUT2D eigenvalue weighted by atomic mass is 32.2. The quantitative estimate of drug-likeness (QED) is 0.329. The molecule has 0 saturated carbocycles. The second-order valence-corrected chi connectivity index (χ2v) is 11.3. The number of hydrogen-bond acceptors (Lipinski definition) is 8. The van der Waals surface area contributed by atoms with Crippen LogP contribution in [0.25, 0.3) is 0 Å². The second kappa shape index (κ2) is 13.3. The Morgan fingerprint density at radius 2 is 1.54 bits per heavy atom. The first kappa shape index (κ1) is 28.8. The van der Waals surface area contributed by atoms with Crippen LogP contribution in [0.1, 0.15) is 24.2 Å². The number of esters is 1. The number of carbonyl (C=O) groups is 2. The highest BCUT2D eigenvalue weighted by Gasteiger charge is 2.40. The number of amides is 1. The van der Waals surface area contributed by atoms with Crippen molar-refractivity contribution in [3.8, 4) is 11.5 Å². The molecule has 3 aromatic carbocycles. The van der Waals surface area contributed by atoms with Gasteiger partial charge in [0.1, 0.15) is 11.5 Å². The van der Waals surface area contributed by atoms with Gasteiger partial charge in [-0.2, -0.15) is 0 Å². The number of piperazine rings is 1. The fraction of sp³-hybridized carbons (Fsp3) is 0.375. The van der Waals surface area contributed by atoms with E-state index < -0.39 is 12.1 Å². The molecule has 9 heteroatoms.